The summed E-state index contributed by atoms with van der Waals surface area (Å²) in [5, 5.41) is 8.61. The molecule has 0 fully saturated rings. The fourth-order valence-electron chi connectivity index (χ4n) is 0.148. The molecule has 0 aliphatic carbocycles. The molecule has 0 radical (unpaired) electrons. The molecule has 0 rings (SSSR count). The molecule has 0 unspecified atom stereocenters. The van der Waals surface area contributed by atoms with Crippen LogP contribution in [0.2, 0.25) is 0 Å². The quantitative estimate of drug-likeness (QED) is 0.575. The topological polar surface area (TPSA) is 20.2 Å². The first-order chi connectivity index (χ1) is 3.31. The Hall–Kier alpha value is 0.280. The molecule has 0 aromatic heterocycles. The maximum atomic E-state index is 8.21. The minimum atomic E-state index is -0.117. The third-order valence-electron chi connectivity index (χ3n) is 0.450. The third kappa shape index (κ3) is 4.13. The van der Waals surface area contributed by atoms with E-state index in [-0.39, 0.29) is 6.61 Å². The molecular weight excluding hydrogens is 135 g/mol. The Morgan fingerprint density at radius 3 is 2.43 bits per heavy atom. The molecule has 1 nitrogen and oxygen atoms in total. The van der Waals surface area contributed by atoms with Gasteiger partial charge in [-0.1, -0.05) is 17.7 Å². The molecular formula is C4H6Cl2O. The number of hydrogen-bond donors (Lipinski definition) is 1. The van der Waals surface area contributed by atoms with Gasteiger partial charge < -0.3 is 5.11 Å². The smallest absolute Gasteiger partial charge is 0.0785 e. The first-order valence-electron chi connectivity index (χ1n) is 1.82. The lowest BCUT2D eigenvalue weighted by Crippen LogP contribution is -1.79. The molecule has 0 aromatic rings. The average Bonchev–Trinajstić information content (AvgIpc) is 1.68. The Labute approximate surface area is 52.5 Å². The predicted octanol–water partition coefficient (Wildman–Crippen LogP) is 1.34. The van der Waals surface area contributed by atoms with Crippen molar-refractivity contribution in [3.05, 3.63) is 11.1 Å². The molecule has 0 aromatic carbocycles. The molecule has 3 heteroatoms. The molecule has 0 bridgehead atoms. The Morgan fingerprint density at radius 1 is 1.71 bits per heavy atom. The standard InChI is InChI=1S/C4H6Cl2O/c5-2-1-4(6)3-7/h1,7H,2-3H2/b4-1-. The van der Waals surface area contributed by atoms with E-state index in [9.17, 15) is 0 Å². The van der Waals surface area contributed by atoms with Crippen molar-refractivity contribution in [3.63, 3.8) is 0 Å². The first kappa shape index (κ1) is 7.28. The van der Waals surface area contributed by atoms with Gasteiger partial charge >= 0.3 is 0 Å². The van der Waals surface area contributed by atoms with E-state index >= 15 is 0 Å². The maximum absolute atomic E-state index is 8.21. The highest BCUT2D eigenvalue weighted by Crippen LogP contribution is 1.97. The minimum absolute atomic E-state index is 0.117. The van der Waals surface area contributed by atoms with Gasteiger partial charge in [-0.3, -0.25) is 0 Å². The Balaban J connectivity index is 3.29. The van der Waals surface area contributed by atoms with Crippen molar-refractivity contribution < 1.29 is 5.11 Å². The Bertz CT molecular complexity index is 70.1. The molecule has 7 heavy (non-hydrogen) atoms. The van der Waals surface area contributed by atoms with E-state index in [1.807, 2.05) is 0 Å². The molecule has 0 saturated carbocycles. The third-order valence-corrected chi connectivity index (χ3v) is 0.878. The van der Waals surface area contributed by atoms with Crippen LogP contribution in [-0.4, -0.2) is 17.6 Å². The molecule has 0 atom stereocenters. The largest absolute Gasteiger partial charge is 0.391 e. The monoisotopic (exact) mass is 140 g/mol. The van der Waals surface area contributed by atoms with Crippen molar-refractivity contribution in [3.8, 4) is 0 Å². The number of rotatable bonds is 2. The zero-order valence-electron chi connectivity index (χ0n) is 3.69. The van der Waals surface area contributed by atoms with Crippen LogP contribution in [0.3, 0.4) is 0 Å². The number of aliphatic hydroxyl groups excluding tert-OH is 1. The average molecular weight is 141 g/mol. The summed E-state index contributed by atoms with van der Waals surface area (Å²) >= 11 is 10.5. The maximum Gasteiger partial charge on any atom is 0.0785 e. The number of alkyl halides is 1. The summed E-state index contributed by atoms with van der Waals surface area (Å²) in [4.78, 5) is 0. The van der Waals surface area contributed by atoms with Crippen LogP contribution in [0.15, 0.2) is 11.1 Å². The Morgan fingerprint density at radius 2 is 2.29 bits per heavy atom. The summed E-state index contributed by atoms with van der Waals surface area (Å²) in [6.07, 6.45) is 1.54. The van der Waals surface area contributed by atoms with E-state index < -0.39 is 0 Å². The second kappa shape index (κ2) is 4.44. The molecule has 0 spiro atoms. The van der Waals surface area contributed by atoms with Gasteiger partial charge in [-0.15, -0.1) is 11.6 Å². The van der Waals surface area contributed by atoms with Gasteiger partial charge in [0.1, 0.15) is 0 Å². The van der Waals surface area contributed by atoms with E-state index in [2.05, 4.69) is 0 Å². The van der Waals surface area contributed by atoms with Gasteiger partial charge in [0.25, 0.3) is 0 Å². The van der Waals surface area contributed by atoms with Crippen LogP contribution in [0.4, 0.5) is 0 Å². The number of aliphatic hydroxyl groups is 1. The van der Waals surface area contributed by atoms with Crippen LogP contribution >= 0.6 is 23.2 Å². The summed E-state index contributed by atoms with van der Waals surface area (Å²) in [6, 6.07) is 0. The minimum Gasteiger partial charge on any atom is -0.391 e. The zero-order valence-corrected chi connectivity index (χ0v) is 5.21. The number of allylic oxidation sites excluding steroid dienone is 1. The van der Waals surface area contributed by atoms with Gasteiger partial charge in [0.15, 0.2) is 0 Å². The van der Waals surface area contributed by atoms with Crippen molar-refractivity contribution >= 4 is 23.2 Å². The normalized spacial score (nSPS) is 12.1. The van der Waals surface area contributed by atoms with E-state index in [0.29, 0.717) is 10.9 Å². The van der Waals surface area contributed by atoms with Crippen LogP contribution in [0.1, 0.15) is 0 Å². The van der Waals surface area contributed by atoms with Crippen LogP contribution < -0.4 is 0 Å². The molecule has 0 saturated heterocycles. The van der Waals surface area contributed by atoms with E-state index in [0.717, 1.165) is 0 Å². The summed E-state index contributed by atoms with van der Waals surface area (Å²) in [5.41, 5.74) is 0. The van der Waals surface area contributed by atoms with Crippen LogP contribution in [0, 0.1) is 0 Å². The van der Waals surface area contributed by atoms with Gasteiger partial charge in [0.2, 0.25) is 0 Å². The molecule has 0 aliphatic rings. The van der Waals surface area contributed by atoms with Gasteiger partial charge in [-0.25, -0.2) is 0 Å². The van der Waals surface area contributed by atoms with Gasteiger partial charge in [0.05, 0.1) is 6.61 Å². The highest BCUT2D eigenvalue weighted by molar-refractivity contribution is 6.30. The van der Waals surface area contributed by atoms with E-state index in [1.54, 1.807) is 6.08 Å². The number of halogens is 2. The lowest BCUT2D eigenvalue weighted by Gasteiger charge is -1.84. The van der Waals surface area contributed by atoms with Gasteiger partial charge in [0, 0.05) is 10.9 Å². The molecule has 42 valence electrons. The van der Waals surface area contributed by atoms with E-state index in [4.69, 9.17) is 28.3 Å². The van der Waals surface area contributed by atoms with Crippen LogP contribution in [-0.2, 0) is 0 Å². The second-order valence-electron chi connectivity index (χ2n) is 0.963. The molecule has 0 amide bonds. The van der Waals surface area contributed by atoms with Gasteiger partial charge in [-0.05, 0) is 0 Å². The van der Waals surface area contributed by atoms with E-state index in [1.165, 1.54) is 0 Å². The fraction of sp³-hybridized carbons (Fsp3) is 0.500. The zero-order chi connectivity index (χ0) is 5.70. The first-order valence-corrected chi connectivity index (χ1v) is 2.74. The summed E-state index contributed by atoms with van der Waals surface area (Å²) in [5.74, 6) is 0.361. The lowest BCUT2D eigenvalue weighted by molar-refractivity contribution is 0.338. The predicted molar refractivity (Wildman–Crippen MR) is 31.7 cm³/mol. The van der Waals surface area contributed by atoms with Crippen molar-refractivity contribution in [2.45, 2.75) is 0 Å². The highest BCUT2D eigenvalue weighted by atomic mass is 35.5. The molecule has 1 N–H and O–H groups in total. The fourth-order valence-corrected chi connectivity index (χ4v) is 0.491. The van der Waals surface area contributed by atoms with Crippen molar-refractivity contribution in [2.75, 3.05) is 12.5 Å². The van der Waals surface area contributed by atoms with Crippen molar-refractivity contribution in [1.29, 1.82) is 0 Å². The second-order valence-corrected chi connectivity index (χ2v) is 1.76. The number of hydrogen-bond acceptors (Lipinski definition) is 1. The highest BCUT2D eigenvalue weighted by Gasteiger charge is 1.82. The SMILES string of the molecule is OC/C(Cl)=C/CCl. The molecule has 0 aliphatic heterocycles. The van der Waals surface area contributed by atoms with Crippen molar-refractivity contribution in [1.82, 2.24) is 0 Å². The Kier molecular flexibility index (Phi) is 4.62. The summed E-state index contributed by atoms with van der Waals surface area (Å²) in [6.45, 7) is -0.117. The summed E-state index contributed by atoms with van der Waals surface area (Å²) in [7, 11) is 0. The summed E-state index contributed by atoms with van der Waals surface area (Å²) < 4.78 is 0. The van der Waals surface area contributed by atoms with Crippen LogP contribution in [0.5, 0.6) is 0 Å². The van der Waals surface area contributed by atoms with Crippen LogP contribution in [0.25, 0.3) is 0 Å². The lowest BCUT2D eigenvalue weighted by atomic mass is 10.5. The molecule has 0 heterocycles. The van der Waals surface area contributed by atoms with Crippen molar-refractivity contribution in [2.24, 2.45) is 0 Å². The van der Waals surface area contributed by atoms with Gasteiger partial charge in [-0.2, -0.15) is 0 Å².